The van der Waals surface area contributed by atoms with Crippen molar-refractivity contribution in [3.63, 3.8) is 0 Å². The Kier molecular flexibility index (Phi) is 5.57. The first-order valence-corrected chi connectivity index (χ1v) is 7.15. The Balaban J connectivity index is 3.23. The van der Waals surface area contributed by atoms with Gasteiger partial charge in [0.2, 0.25) is 0 Å². The lowest BCUT2D eigenvalue weighted by molar-refractivity contribution is 0.297. The van der Waals surface area contributed by atoms with Crippen molar-refractivity contribution in [3.05, 3.63) is 33.9 Å². The van der Waals surface area contributed by atoms with Crippen LogP contribution in [0.4, 0.5) is 0 Å². The maximum Gasteiger partial charge on any atom is 0.0844 e. The Labute approximate surface area is 118 Å². The summed E-state index contributed by atoms with van der Waals surface area (Å²) in [6, 6.07) is 4.73. The highest BCUT2D eigenvalue weighted by Gasteiger charge is 2.20. The normalized spacial score (nSPS) is 12.5. The van der Waals surface area contributed by atoms with Gasteiger partial charge in [0.1, 0.15) is 0 Å². The number of rotatable bonds is 5. The first kappa shape index (κ1) is 15.7. The van der Waals surface area contributed by atoms with E-state index in [4.69, 9.17) is 0 Å². The molecule has 0 saturated heterocycles. The van der Waals surface area contributed by atoms with Gasteiger partial charge in [0.15, 0.2) is 0 Å². The van der Waals surface area contributed by atoms with Crippen LogP contribution in [0.5, 0.6) is 0 Å². The van der Waals surface area contributed by atoms with Crippen LogP contribution in [0.2, 0.25) is 0 Å². The fourth-order valence-corrected chi connectivity index (χ4v) is 2.71. The van der Waals surface area contributed by atoms with Crippen LogP contribution in [-0.2, 0) is 0 Å². The summed E-state index contributed by atoms with van der Waals surface area (Å²) in [4.78, 5) is 2.32. The Morgan fingerprint density at radius 1 is 1.05 bits per heavy atom. The molecule has 1 aromatic carbocycles. The third kappa shape index (κ3) is 3.36. The second kappa shape index (κ2) is 6.73. The lowest BCUT2D eigenvalue weighted by Gasteiger charge is -2.25. The van der Waals surface area contributed by atoms with E-state index in [2.05, 4.69) is 58.6 Å². The molecule has 2 nitrogen and oxygen atoms in total. The van der Waals surface area contributed by atoms with E-state index in [1.807, 2.05) is 0 Å². The van der Waals surface area contributed by atoms with E-state index in [0.717, 1.165) is 19.6 Å². The molecule has 0 N–H and O–H groups in total. The van der Waals surface area contributed by atoms with Crippen LogP contribution < -0.4 is 0 Å². The molecule has 0 aliphatic heterocycles. The molecule has 0 spiro atoms. The summed E-state index contributed by atoms with van der Waals surface area (Å²) in [5.41, 5.74) is 6.38. The molecule has 0 saturated carbocycles. The molecule has 1 unspecified atom stereocenters. The van der Waals surface area contributed by atoms with Crippen molar-refractivity contribution in [2.45, 2.75) is 47.5 Å². The highest BCUT2D eigenvalue weighted by Crippen LogP contribution is 2.29. The maximum atomic E-state index is 9.57. The van der Waals surface area contributed by atoms with Gasteiger partial charge in [-0.05, 0) is 68.6 Å². The minimum atomic E-state index is -0.0292. The van der Waals surface area contributed by atoms with Crippen LogP contribution in [0.1, 0.15) is 47.6 Å². The molecule has 2 heteroatoms. The van der Waals surface area contributed by atoms with Crippen LogP contribution in [0.25, 0.3) is 0 Å². The van der Waals surface area contributed by atoms with E-state index < -0.39 is 0 Å². The minimum Gasteiger partial charge on any atom is -0.302 e. The number of hydrogen-bond donors (Lipinski definition) is 0. The van der Waals surface area contributed by atoms with Crippen molar-refractivity contribution in [1.29, 1.82) is 5.26 Å². The number of nitriles is 1. The summed E-state index contributed by atoms with van der Waals surface area (Å²) in [6.07, 6.45) is 0. The van der Waals surface area contributed by atoms with Gasteiger partial charge in [0, 0.05) is 6.54 Å². The third-order valence-electron chi connectivity index (χ3n) is 4.26. The van der Waals surface area contributed by atoms with E-state index in [1.165, 1.54) is 27.8 Å². The van der Waals surface area contributed by atoms with Gasteiger partial charge in [0.25, 0.3) is 0 Å². The zero-order valence-corrected chi connectivity index (χ0v) is 13.2. The highest BCUT2D eigenvalue weighted by atomic mass is 15.1. The molecule has 0 aromatic heterocycles. The Bertz CT molecular complexity index is 453. The Hall–Kier alpha value is -1.33. The van der Waals surface area contributed by atoms with E-state index in [9.17, 15) is 5.26 Å². The lowest BCUT2D eigenvalue weighted by atomic mass is 9.86. The second-order valence-electron chi connectivity index (χ2n) is 5.34. The van der Waals surface area contributed by atoms with Gasteiger partial charge in [0.05, 0.1) is 12.0 Å². The number of aryl methyl sites for hydroxylation is 2. The molecule has 0 bridgehead atoms. The fourth-order valence-electron chi connectivity index (χ4n) is 2.71. The van der Waals surface area contributed by atoms with Crippen molar-refractivity contribution < 1.29 is 0 Å². The Morgan fingerprint density at radius 3 is 1.89 bits per heavy atom. The van der Waals surface area contributed by atoms with Gasteiger partial charge in [-0.3, -0.25) is 0 Å². The van der Waals surface area contributed by atoms with Gasteiger partial charge in [-0.2, -0.15) is 5.26 Å². The van der Waals surface area contributed by atoms with Gasteiger partial charge in [-0.15, -0.1) is 0 Å². The summed E-state index contributed by atoms with van der Waals surface area (Å²) < 4.78 is 0. The molecule has 19 heavy (non-hydrogen) atoms. The third-order valence-corrected chi connectivity index (χ3v) is 4.26. The van der Waals surface area contributed by atoms with E-state index >= 15 is 0 Å². The number of nitrogens with zero attached hydrogens (tertiary/aromatic N) is 2. The molecule has 104 valence electrons. The largest absolute Gasteiger partial charge is 0.302 e. The van der Waals surface area contributed by atoms with Crippen molar-refractivity contribution in [3.8, 4) is 6.07 Å². The van der Waals surface area contributed by atoms with Crippen LogP contribution in [0, 0.1) is 39.0 Å². The molecule has 0 heterocycles. The van der Waals surface area contributed by atoms with E-state index in [0.29, 0.717) is 0 Å². The van der Waals surface area contributed by atoms with Crippen LogP contribution in [0.15, 0.2) is 6.07 Å². The predicted octanol–water partition coefficient (Wildman–Crippen LogP) is 3.87. The van der Waals surface area contributed by atoms with Crippen molar-refractivity contribution in [2.24, 2.45) is 0 Å². The summed E-state index contributed by atoms with van der Waals surface area (Å²) >= 11 is 0. The quantitative estimate of drug-likeness (QED) is 0.801. The second-order valence-corrected chi connectivity index (χ2v) is 5.34. The van der Waals surface area contributed by atoms with Gasteiger partial charge >= 0.3 is 0 Å². The smallest absolute Gasteiger partial charge is 0.0844 e. The molecule has 0 aliphatic carbocycles. The Morgan fingerprint density at radius 2 is 1.53 bits per heavy atom. The fraction of sp³-hybridized carbons (Fsp3) is 0.588. The van der Waals surface area contributed by atoms with Crippen LogP contribution >= 0.6 is 0 Å². The molecule has 1 atom stereocenters. The molecule has 0 radical (unpaired) electrons. The predicted molar refractivity (Wildman–Crippen MR) is 81.5 cm³/mol. The summed E-state index contributed by atoms with van der Waals surface area (Å²) in [6.45, 7) is 15.7. The topological polar surface area (TPSA) is 27.0 Å². The molecule has 1 rings (SSSR count). The number of hydrogen-bond acceptors (Lipinski definition) is 2. The number of benzene rings is 1. The van der Waals surface area contributed by atoms with Crippen molar-refractivity contribution in [2.75, 3.05) is 19.6 Å². The van der Waals surface area contributed by atoms with Gasteiger partial charge in [-0.1, -0.05) is 19.9 Å². The monoisotopic (exact) mass is 258 g/mol. The summed E-state index contributed by atoms with van der Waals surface area (Å²) in [7, 11) is 0. The summed E-state index contributed by atoms with van der Waals surface area (Å²) in [5.74, 6) is -0.0292. The summed E-state index contributed by atoms with van der Waals surface area (Å²) in [5, 5.41) is 9.57. The molecule has 0 fully saturated rings. The average molecular weight is 258 g/mol. The number of likely N-dealkylation sites (N-methyl/N-ethyl adjacent to an activating group) is 1. The van der Waals surface area contributed by atoms with Crippen molar-refractivity contribution >= 4 is 0 Å². The lowest BCUT2D eigenvalue weighted by Crippen LogP contribution is -2.28. The molecular formula is C17H26N2. The zero-order valence-electron chi connectivity index (χ0n) is 13.2. The SMILES string of the molecule is CCN(CC)CC(C#N)c1c(C)c(C)cc(C)c1C. The highest BCUT2D eigenvalue weighted by molar-refractivity contribution is 5.47. The van der Waals surface area contributed by atoms with Crippen LogP contribution in [-0.4, -0.2) is 24.5 Å². The van der Waals surface area contributed by atoms with Gasteiger partial charge < -0.3 is 4.90 Å². The van der Waals surface area contributed by atoms with Crippen LogP contribution in [0.3, 0.4) is 0 Å². The zero-order chi connectivity index (χ0) is 14.6. The first-order valence-electron chi connectivity index (χ1n) is 7.15. The van der Waals surface area contributed by atoms with E-state index in [-0.39, 0.29) is 5.92 Å². The molecule has 0 aliphatic rings. The molecule has 1 aromatic rings. The first-order chi connectivity index (χ1) is 8.96. The van der Waals surface area contributed by atoms with Crippen molar-refractivity contribution in [1.82, 2.24) is 4.90 Å². The molecular weight excluding hydrogens is 232 g/mol. The average Bonchev–Trinajstić information content (AvgIpc) is 2.40. The molecule has 0 amide bonds. The maximum absolute atomic E-state index is 9.57. The van der Waals surface area contributed by atoms with Gasteiger partial charge in [-0.25, -0.2) is 0 Å². The van der Waals surface area contributed by atoms with E-state index in [1.54, 1.807) is 0 Å². The standard InChI is InChI=1S/C17H26N2/c1-7-19(8-2)11-16(10-18)17-14(5)12(3)9-13(4)15(17)6/h9,16H,7-8,11H2,1-6H3. The minimum absolute atomic E-state index is 0.0292.